The molecule has 5 heteroatoms. The number of alkyl halides is 2. The number of likely N-dealkylation sites (tertiary alicyclic amines) is 1. The molecule has 0 aromatic heterocycles. The lowest BCUT2D eigenvalue weighted by Gasteiger charge is -2.24. The second kappa shape index (κ2) is 4.88. The Balaban J connectivity index is 2.59. The van der Waals surface area contributed by atoms with Gasteiger partial charge in [-0.1, -0.05) is 13.3 Å². The molecule has 15 heavy (non-hydrogen) atoms. The topological polar surface area (TPSA) is 40.5 Å². The van der Waals surface area contributed by atoms with Crippen LogP contribution in [0.25, 0.3) is 0 Å². The van der Waals surface area contributed by atoms with Gasteiger partial charge in [0.25, 0.3) is 6.43 Å². The molecule has 0 amide bonds. The highest BCUT2D eigenvalue weighted by Crippen LogP contribution is 2.35. The Morgan fingerprint density at radius 2 is 2.27 bits per heavy atom. The minimum atomic E-state index is -2.38. The fraction of sp³-hybridized carbons (Fsp3) is 0.900. The standard InChI is InChI=1S/C10H17F2NO2/c1-2-3-10(9(14)15)4-5-13(7-10)6-8(11)12/h8H,2-7H2,1H3,(H,14,15). The number of carbonyl (C=O) groups is 1. The first-order valence-corrected chi connectivity index (χ1v) is 5.24. The molecule has 0 aromatic rings. The van der Waals surface area contributed by atoms with Crippen molar-refractivity contribution in [2.24, 2.45) is 5.41 Å². The maximum atomic E-state index is 12.1. The van der Waals surface area contributed by atoms with E-state index in [9.17, 15) is 13.6 Å². The Bertz CT molecular complexity index is 235. The van der Waals surface area contributed by atoms with Gasteiger partial charge >= 0.3 is 5.97 Å². The fourth-order valence-electron chi connectivity index (χ4n) is 2.27. The van der Waals surface area contributed by atoms with E-state index in [1.54, 1.807) is 4.90 Å². The van der Waals surface area contributed by atoms with E-state index in [4.69, 9.17) is 5.11 Å². The molecule has 1 heterocycles. The molecule has 0 bridgehead atoms. The SMILES string of the molecule is CCCC1(C(=O)O)CCN(CC(F)F)C1. The lowest BCUT2D eigenvalue weighted by Crippen LogP contribution is -2.36. The summed E-state index contributed by atoms with van der Waals surface area (Å²) in [6.07, 6.45) is -0.545. The van der Waals surface area contributed by atoms with Gasteiger partial charge in [0.1, 0.15) is 0 Å². The Morgan fingerprint density at radius 3 is 2.73 bits per heavy atom. The van der Waals surface area contributed by atoms with Crippen LogP contribution in [0.1, 0.15) is 26.2 Å². The van der Waals surface area contributed by atoms with Crippen LogP contribution in [-0.4, -0.2) is 42.0 Å². The maximum absolute atomic E-state index is 12.1. The number of hydrogen-bond donors (Lipinski definition) is 1. The van der Waals surface area contributed by atoms with Gasteiger partial charge in [-0.15, -0.1) is 0 Å². The van der Waals surface area contributed by atoms with Crippen LogP contribution in [0, 0.1) is 5.41 Å². The van der Waals surface area contributed by atoms with Crippen molar-refractivity contribution in [2.75, 3.05) is 19.6 Å². The lowest BCUT2D eigenvalue weighted by molar-refractivity contribution is -0.148. The summed E-state index contributed by atoms with van der Waals surface area (Å²) in [6.45, 7) is 2.34. The summed E-state index contributed by atoms with van der Waals surface area (Å²) < 4.78 is 24.3. The van der Waals surface area contributed by atoms with Gasteiger partial charge in [0.05, 0.1) is 12.0 Å². The van der Waals surface area contributed by atoms with Crippen molar-refractivity contribution in [3.63, 3.8) is 0 Å². The molecule has 0 radical (unpaired) electrons. The molecule has 1 fully saturated rings. The molecule has 0 spiro atoms. The zero-order chi connectivity index (χ0) is 11.5. The van der Waals surface area contributed by atoms with Crippen LogP contribution in [-0.2, 0) is 4.79 Å². The third-order valence-corrected chi connectivity index (χ3v) is 3.01. The van der Waals surface area contributed by atoms with Crippen molar-refractivity contribution in [2.45, 2.75) is 32.6 Å². The number of carboxylic acids is 1. The highest BCUT2D eigenvalue weighted by atomic mass is 19.3. The van der Waals surface area contributed by atoms with Crippen molar-refractivity contribution in [3.05, 3.63) is 0 Å². The van der Waals surface area contributed by atoms with Crippen LogP contribution in [0.2, 0.25) is 0 Å². The van der Waals surface area contributed by atoms with Crippen molar-refractivity contribution < 1.29 is 18.7 Å². The number of aliphatic carboxylic acids is 1. The van der Waals surface area contributed by atoms with Gasteiger partial charge in [0.15, 0.2) is 0 Å². The summed E-state index contributed by atoms with van der Waals surface area (Å²) in [5, 5.41) is 9.13. The average molecular weight is 221 g/mol. The van der Waals surface area contributed by atoms with E-state index in [0.717, 1.165) is 6.42 Å². The smallest absolute Gasteiger partial charge is 0.310 e. The number of rotatable bonds is 5. The Kier molecular flexibility index (Phi) is 4.02. The van der Waals surface area contributed by atoms with E-state index < -0.39 is 17.8 Å². The second-order valence-electron chi connectivity index (χ2n) is 4.21. The van der Waals surface area contributed by atoms with Crippen molar-refractivity contribution >= 4 is 5.97 Å². The molecule has 1 aliphatic heterocycles. The van der Waals surface area contributed by atoms with E-state index in [0.29, 0.717) is 19.4 Å². The lowest BCUT2D eigenvalue weighted by atomic mass is 9.83. The van der Waals surface area contributed by atoms with E-state index in [1.165, 1.54) is 0 Å². The first-order valence-electron chi connectivity index (χ1n) is 5.24. The number of carboxylic acid groups (broad SMARTS) is 1. The Labute approximate surface area is 88.1 Å². The Morgan fingerprint density at radius 1 is 1.60 bits per heavy atom. The molecule has 0 saturated carbocycles. The normalized spacial score (nSPS) is 27.5. The zero-order valence-electron chi connectivity index (χ0n) is 8.88. The molecule has 1 unspecified atom stereocenters. The third-order valence-electron chi connectivity index (χ3n) is 3.01. The highest BCUT2D eigenvalue weighted by molar-refractivity contribution is 5.75. The van der Waals surface area contributed by atoms with Crippen molar-refractivity contribution in [3.8, 4) is 0 Å². The van der Waals surface area contributed by atoms with Crippen molar-refractivity contribution in [1.29, 1.82) is 0 Å². The minimum absolute atomic E-state index is 0.264. The van der Waals surface area contributed by atoms with E-state index in [1.807, 2.05) is 6.92 Å². The molecule has 0 aliphatic carbocycles. The quantitative estimate of drug-likeness (QED) is 0.770. The molecule has 1 rings (SSSR count). The summed E-state index contributed by atoms with van der Waals surface area (Å²) in [4.78, 5) is 12.7. The van der Waals surface area contributed by atoms with Crippen molar-refractivity contribution in [1.82, 2.24) is 4.90 Å². The summed E-state index contributed by atoms with van der Waals surface area (Å²) in [5.74, 6) is -0.846. The molecular weight excluding hydrogens is 204 g/mol. The predicted octanol–water partition coefficient (Wildman–Crippen LogP) is 1.83. The van der Waals surface area contributed by atoms with Crippen LogP contribution in [0.15, 0.2) is 0 Å². The second-order valence-corrected chi connectivity index (χ2v) is 4.21. The van der Waals surface area contributed by atoms with Crippen LogP contribution in [0.5, 0.6) is 0 Å². The minimum Gasteiger partial charge on any atom is -0.481 e. The Hall–Kier alpha value is -0.710. The fourth-order valence-corrected chi connectivity index (χ4v) is 2.27. The van der Waals surface area contributed by atoms with Crippen LogP contribution < -0.4 is 0 Å². The van der Waals surface area contributed by atoms with E-state index in [2.05, 4.69) is 0 Å². The van der Waals surface area contributed by atoms with Crippen LogP contribution in [0.3, 0.4) is 0 Å². The van der Waals surface area contributed by atoms with Gasteiger partial charge in [-0.2, -0.15) is 0 Å². The maximum Gasteiger partial charge on any atom is 0.310 e. The zero-order valence-corrected chi connectivity index (χ0v) is 8.88. The summed E-state index contributed by atoms with van der Waals surface area (Å²) in [7, 11) is 0. The molecule has 1 N–H and O–H groups in total. The highest BCUT2D eigenvalue weighted by Gasteiger charge is 2.44. The largest absolute Gasteiger partial charge is 0.481 e. The van der Waals surface area contributed by atoms with Gasteiger partial charge in [-0.3, -0.25) is 9.69 Å². The van der Waals surface area contributed by atoms with Gasteiger partial charge in [0.2, 0.25) is 0 Å². The van der Waals surface area contributed by atoms with Crippen LogP contribution >= 0.6 is 0 Å². The van der Waals surface area contributed by atoms with Gasteiger partial charge in [-0.25, -0.2) is 8.78 Å². The predicted molar refractivity (Wildman–Crippen MR) is 52.0 cm³/mol. The monoisotopic (exact) mass is 221 g/mol. The molecule has 88 valence electrons. The van der Waals surface area contributed by atoms with Gasteiger partial charge in [0, 0.05) is 6.54 Å². The molecular formula is C10H17F2NO2. The van der Waals surface area contributed by atoms with E-state index in [-0.39, 0.29) is 13.1 Å². The first-order chi connectivity index (χ1) is 7.00. The molecule has 0 aromatic carbocycles. The third kappa shape index (κ3) is 2.87. The molecule has 1 aliphatic rings. The van der Waals surface area contributed by atoms with Gasteiger partial charge in [-0.05, 0) is 19.4 Å². The number of nitrogens with zero attached hydrogens (tertiary/aromatic N) is 1. The summed E-state index contributed by atoms with van der Waals surface area (Å²) in [6, 6.07) is 0. The van der Waals surface area contributed by atoms with E-state index >= 15 is 0 Å². The summed E-state index contributed by atoms with van der Waals surface area (Å²) >= 11 is 0. The first kappa shape index (κ1) is 12.4. The van der Waals surface area contributed by atoms with Crippen LogP contribution in [0.4, 0.5) is 8.78 Å². The van der Waals surface area contributed by atoms with Gasteiger partial charge < -0.3 is 5.11 Å². The summed E-state index contributed by atoms with van der Waals surface area (Å²) in [5.41, 5.74) is -0.788. The number of hydrogen-bond acceptors (Lipinski definition) is 2. The average Bonchev–Trinajstić information content (AvgIpc) is 2.49. The molecule has 1 atom stereocenters. The molecule has 1 saturated heterocycles. The molecule has 3 nitrogen and oxygen atoms in total. The number of halogens is 2.